The fourth-order valence-corrected chi connectivity index (χ4v) is 2.85. The number of nitrogens with two attached hydrogens (primary N) is 1. The van der Waals surface area contributed by atoms with Crippen molar-refractivity contribution >= 4 is 11.3 Å². The lowest BCUT2D eigenvalue weighted by Crippen LogP contribution is -2.28. The molecule has 0 radical (unpaired) electrons. The minimum Gasteiger partial charge on any atom is -0.496 e. The number of methoxy groups -OCH3 is 1. The van der Waals surface area contributed by atoms with E-state index in [-0.39, 0.29) is 0 Å². The molecule has 0 aliphatic rings. The number of ether oxygens (including phenoxy) is 1. The minimum atomic E-state index is -4.45. The van der Waals surface area contributed by atoms with Gasteiger partial charge in [0.05, 0.1) is 13.2 Å². The molecule has 2 rings (SSSR count). The lowest BCUT2D eigenvalue weighted by Gasteiger charge is -2.16. The number of benzene rings is 1. The van der Waals surface area contributed by atoms with E-state index in [0.717, 1.165) is 11.1 Å². The molecule has 0 saturated heterocycles. The Morgan fingerprint density at radius 1 is 1.38 bits per heavy atom. The zero-order valence-electron chi connectivity index (χ0n) is 11.4. The van der Waals surface area contributed by atoms with E-state index in [2.05, 4.69) is 10.4 Å². The molecule has 1 heterocycles. The van der Waals surface area contributed by atoms with Crippen LogP contribution >= 0.6 is 11.3 Å². The predicted octanol–water partition coefficient (Wildman–Crippen LogP) is 3.03. The second-order valence-corrected chi connectivity index (χ2v) is 5.46. The van der Waals surface area contributed by atoms with Crippen LogP contribution in [-0.4, -0.2) is 12.1 Å². The van der Waals surface area contributed by atoms with Crippen LogP contribution < -0.4 is 16.0 Å². The maximum atomic E-state index is 12.6. The van der Waals surface area contributed by atoms with E-state index in [0.29, 0.717) is 22.0 Å². The molecule has 1 aromatic heterocycles. The third-order valence-corrected chi connectivity index (χ3v) is 4.08. The van der Waals surface area contributed by atoms with Crippen LogP contribution in [0.25, 0.3) is 0 Å². The Morgan fingerprint density at radius 3 is 2.57 bits per heavy atom. The Morgan fingerprint density at radius 2 is 2.10 bits per heavy atom. The van der Waals surface area contributed by atoms with Crippen molar-refractivity contribution < 1.29 is 17.9 Å². The van der Waals surface area contributed by atoms with Gasteiger partial charge in [-0.15, -0.1) is 11.3 Å². The first-order valence-corrected chi connectivity index (χ1v) is 6.82. The van der Waals surface area contributed by atoms with Crippen molar-refractivity contribution in [3.8, 4) is 5.75 Å². The zero-order chi connectivity index (χ0) is 15.6. The van der Waals surface area contributed by atoms with Crippen molar-refractivity contribution in [2.75, 3.05) is 7.11 Å². The summed E-state index contributed by atoms with van der Waals surface area (Å²) in [5.74, 6) is 6.20. The van der Waals surface area contributed by atoms with Gasteiger partial charge >= 0.3 is 6.18 Å². The van der Waals surface area contributed by atoms with Crippen LogP contribution in [-0.2, 0) is 6.18 Å². The summed E-state index contributed by atoms with van der Waals surface area (Å²) in [6.07, 6.45) is -3.25. The van der Waals surface area contributed by atoms with Crippen LogP contribution in [0.5, 0.6) is 5.75 Å². The number of aromatic nitrogens is 1. The highest BCUT2D eigenvalue weighted by Gasteiger charge is 2.35. The molecule has 1 aromatic carbocycles. The van der Waals surface area contributed by atoms with Crippen molar-refractivity contribution in [3.05, 3.63) is 45.4 Å². The maximum Gasteiger partial charge on any atom is 0.443 e. The number of halogens is 3. The number of nitrogens with zero attached hydrogens (tertiary/aromatic N) is 1. The number of rotatable bonds is 4. The molecule has 1 unspecified atom stereocenters. The highest BCUT2D eigenvalue weighted by atomic mass is 32.1. The van der Waals surface area contributed by atoms with Gasteiger partial charge in [-0.3, -0.25) is 5.84 Å². The molecule has 0 aliphatic carbocycles. The van der Waals surface area contributed by atoms with E-state index in [1.165, 1.54) is 6.20 Å². The molecule has 0 fully saturated rings. The lowest BCUT2D eigenvalue weighted by molar-refractivity contribution is -0.137. The first-order valence-electron chi connectivity index (χ1n) is 6.00. The van der Waals surface area contributed by atoms with Gasteiger partial charge in [-0.2, -0.15) is 13.2 Å². The van der Waals surface area contributed by atoms with E-state index >= 15 is 0 Å². The molecule has 1 atom stereocenters. The number of alkyl halides is 3. The second kappa shape index (κ2) is 6.00. The third kappa shape index (κ3) is 3.34. The normalized spacial score (nSPS) is 13.2. The Hall–Kier alpha value is -1.64. The van der Waals surface area contributed by atoms with Crippen molar-refractivity contribution in [1.29, 1.82) is 0 Å². The largest absolute Gasteiger partial charge is 0.496 e. The smallest absolute Gasteiger partial charge is 0.443 e. The molecule has 0 amide bonds. The van der Waals surface area contributed by atoms with Gasteiger partial charge in [0, 0.05) is 11.1 Å². The minimum absolute atomic E-state index is 0.398. The molecule has 114 valence electrons. The summed E-state index contributed by atoms with van der Waals surface area (Å²) in [6, 6.07) is 4.77. The van der Waals surface area contributed by atoms with Crippen molar-refractivity contribution in [3.63, 3.8) is 0 Å². The summed E-state index contributed by atoms with van der Waals surface area (Å²) in [7, 11) is 1.56. The molecule has 8 heteroatoms. The first-order chi connectivity index (χ1) is 9.86. The number of hydrogen-bond acceptors (Lipinski definition) is 5. The molecule has 3 N–H and O–H groups in total. The summed E-state index contributed by atoms with van der Waals surface area (Å²) in [5, 5.41) is -0.886. The number of aryl methyl sites for hydroxylation is 1. The van der Waals surface area contributed by atoms with Crippen LogP contribution in [0.4, 0.5) is 13.2 Å². The third-order valence-electron chi connectivity index (χ3n) is 2.97. The SMILES string of the molecule is COc1ccc(C(NN)c2cnc(C(F)(F)F)s2)cc1C. The highest BCUT2D eigenvalue weighted by Crippen LogP contribution is 2.36. The Labute approximate surface area is 123 Å². The van der Waals surface area contributed by atoms with Gasteiger partial charge in [-0.25, -0.2) is 10.4 Å². The van der Waals surface area contributed by atoms with Crippen LogP contribution in [0.1, 0.15) is 27.1 Å². The van der Waals surface area contributed by atoms with Crippen LogP contribution in [0.3, 0.4) is 0 Å². The average molecular weight is 317 g/mol. The van der Waals surface area contributed by atoms with Crippen molar-refractivity contribution in [1.82, 2.24) is 10.4 Å². The van der Waals surface area contributed by atoms with Gasteiger partial charge in [0.1, 0.15) is 5.75 Å². The van der Waals surface area contributed by atoms with Crippen LogP contribution in [0, 0.1) is 6.92 Å². The van der Waals surface area contributed by atoms with Gasteiger partial charge in [0.25, 0.3) is 0 Å². The fraction of sp³-hybridized carbons (Fsp3) is 0.308. The maximum absolute atomic E-state index is 12.6. The molecule has 0 spiro atoms. The van der Waals surface area contributed by atoms with Crippen LogP contribution in [0.2, 0.25) is 0 Å². The van der Waals surface area contributed by atoms with E-state index in [9.17, 15) is 13.2 Å². The average Bonchev–Trinajstić information content (AvgIpc) is 2.89. The predicted molar refractivity (Wildman–Crippen MR) is 74.0 cm³/mol. The Kier molecular flexibility index (Phi) is 4.50. The molecule has 21 heavy (non-hydrogen) atoms. The topological polar surface area (TPSA) is 60.2 Å². The van der Waals surface area contributed by atoms with Gasteiger partial charge in [0.15, 0.2) is 5.01 Å². The molecular weight excluding hydrogens is 303 g/mol. The van der Waals surface area contributed by atoms with Gasteiger partial charge in [-0.1, -0.05) is 12.1 Å². The van der Waals surface area contributed by atoms with Crippen molar-refractivity contribution in [2.45, 2.75) is 19.1 Å². The summed E-state index contributed by atoms with van der Waals surface area (Å²) in [6.45, 7) is 1.85. The molecule has 0 aliphatic heterocycles. The van der Waals surface area contributed by atoms with Gasteiger partial charge in [0.2, 0.25) is 0 Å². The quantitative estimate of drug-likeness (QED) is 0.672. The number of thiazole rings is 1. The summed E-state index contributed by atoms with van der Waals surface area (Å²) < 4.78 is 43.0. The molecule has 0 bridgehead atoms. The Bertz CT molecular complexity index is 627. The summed E-state index contributed by atoms with van der Waals surface area (Å²) >= 11 is 0.573. The lowest BCUT2D eigenvalue weighted by atomic mass is 10.0. The second-order valence-electron chi connectivity index (χ2n) is 4.39. The highest BCUT2D eigenvalue weighted by molar-refractivity contribution is 7.11. The molecule has 0 saturated carbocycles. The first kappa shape index (κ1) is 15.7. The van der Waals surface area contributed by atoms with Crippen molar-refractivity contribution in [2.24, 2.45) is 5.84 Å². The number of hydrogen-bond donors (Lipinski definition) is 2. The van der Waals surface area contributed by atoms with Crippen LogP contribution in [0.15, 0.2) is 24.4 Å². The summed E-state index contributed by atoms with van der Waals surface area (Å²) in [5.41, 5.74) is 4.14. The van der Waals surface area contributed by atoms with E-state index < -0.39 is 17.2 Å². The Balaban J connectivity index is 2.35. The summed E-state index contributed by atoms with van der Waals surface area (Å²) in [4.78, 5) is 3.81. The molecule has 2 aromatic rings. The monoisotopic (exact) mass is 317 g/mol. The standard InChI is InChI=1S/C13H14F3N3OS/c1-7-5-8(3-4-9(7)20-2)11(19-17)10-6-18-12(21-10)13(14,15)16/h3-6,11,19H,17H2,1-2H3. The number of hydrazine groups is 1. The van der Waals surface area contributed by atoms with Gasteiger partial charge in [-0.05, 0) is 24.1 Å². The zero-order valence-corrected chi connectivity index (χ0v) is 12.2. The van der Waals surface area contributed by atoms with Gasteiger partial charge < -0.3 is 4.74 Å². The molecular formula is C13H14F3N3OS. The van der Waals surface area contributed by atoms with E-state index in [4.69, 9.17) is 10.6 Å². The molecule has 4 nitrogen and oxygen atoms in total. The number of nitrogens with one attached hydrogen (secondary N) is 1. The fourth-order valence-electron chi connectivity index (χ4n) is 1.97. The van der Waals surface area contributed by atoms with E-state index in [1.54, 1.807) is 19.2 Å². The van der Waals surface area contributed by atoms with E-state index in [1.807, 2.05) is 13.0 Å².